The number of thiocarbonyl (C=S) groups is 1. The minimum Gasteiger partial charge on any atom is -0.375 e. The predicted octanol–water partition coefficient (Wildman–Crippen LogP) is -0.996. The van der Waals surface area contributed by atoms with Gasteiger partial charge in [0.2, 0.25) is 0 Å². The zero-order chi connectivity index (χ0) is 6.41. The summed E-state index contributed by atoms with van der Waals surface area (Å²) >= 11 is 4.35. The van der Waals surface area contributed by atoms with Crippen LogP contribution in [0.2, 0.25) is 0 Å². The van der Waals surface area contributed by atoms with Crippen molar-refractivity contribution in [1.29, 1.82) is 0 Å². The number of hydrogen-bond acceptors (Lipinski definition) is 3. The molecule has 0 aliphatic heterocycles. The van der Waals surface area contributed by atoms with Gasteiger partial charge in [0, 0.05) is 0 Å². The number of nitrogens with zero attached hydrogens (tertiary/aromatic N) is 1. The van der Waals surface area contributed by atoms with Crippen molar-refractivity contribution in [2.24, 2.45) is 10.8 Å². The third-order valence-corrected chi connectivity index (χ3v) is 0.401. The molecule has 0 unspecified atom stereocenters. The van der Waals surface area contributed by atoms with Gasteiger partial charge < -0.3 is 5.73 Å². The first-order valence-corrected chi connectivity index (χ1v) is 2.20. The molecule has 0 fully saturated rings. The van der Waals surface area contributed by atoms with Crippen LogP contribution in [0.5, 0.6) is 0 Å². The lowest BCUT2D eigenvalue weighted by molar-refractivity contribution is -0.102. The SMILES string of the molecule is NC(=S)NN=CC=O. The van der Waals surface area contributed by atoms with Crippen molar-refractivity contribution in [1.82, 2.24) is 5.43 Å². The Morgan fingerprint density at radius 1 is 1.88 bits per heavy atom. The van der Waals surface area contributed by atoms with Gasteiger partial charge in [0.1, 0.15) is 0 Å². The average molecular weight is 131 g/mol. The van der Waals surface area contributed by atoms with E-state index in [1.807, 2.05) is 0 Å². The first kappa shape index (κ1) is 7.03. The Balaban J connectivity index is 3.29. The molecule has 0 saturated carbocycles. The van der Waals surface area contributed by atoms with Crippen LogP contribution in [0.4, 0.5) is 0 Å². The van der Waals surface area contributed by atoms with Gasteiger partial charge in [-0.05, 0) is 12.2 Å². The Kier molecular flexibility index (Phi) is 3.69. The van der Waals surface area contributed by atoms with Gasteiger partial charge in [-0.1, -0.05) is 0 Å². The molecule has 0 amide bonds. The number of hydrogen-bond donors (Lipinski definition) is 2. The molecule has 8 heavy (non-hydrogen) atoms. The maximum absolute atomic E-state index is 9.51. The summed E-state index contributed by atoms with van der Waals surface area (Å²) in [7, 11) is 0. The molecule has 0 rings (SSSR count). The Morgan fingerprint density at radius 3 is 2.88 bits per heavy atom. The van der Waals surface area contributed by atoms with Gasteiger partial charge in [0.05, 0.1) is 6.21 Å². The van der Waals surface area contributed by atoms with E-state index in [4.69, 9.17) is 5.73 Å². The molecule has 44 valence electrons. The van der Waals surface area contributed by atoms with E-state index in [1.54, 1.807) is 0 Å². The van der Waals surface area contributed by atoms with Crippen LogP contribution < -0.4 is 11.2 Å². The molecule has 0 aliphatic carbocycles. The molecule has 0 atom stereocenters. The average Bonchev–Trinajstić information content (AvgIpc) is 1.66. The van der Waals surface area contributed by atoms with Crippen LogP contribution in [-0.2, 0) is 4.79 Å². The van der Waals surface area contributed by atoms with Crippen LogP contribution in [-0.4, -0.2) is 17.6 Å². The van der Waals surface area contributed by atoms with Crippen LogP contribution in [0.25, 0.3) is 0 Å². The highest BCUT2D eigenvalue weighted by molar-refractivity contribution is 7.80. The van der Waals surface area contributed by atoms with Gasteiger partial charge in [0.15, 0.2) is 11.4 Å². The fraction of sp³-hybridized carbons (Fsp3) is 0. The Bertz CT molecular complexity index is 122. The van der Waals surface area contributed by atoms with E-state index in [9.17, 15) is 4.79 Å². The second kappa shape index (κ2) is 4.20. The molecule has 0 spiro atoms. The monoisotopic (exact) mass is 131 g/mol. The van der Waals surface area contributed by atoms with E-state index in [1.165, 1.54) is 0 Å². The minimum absolute atomic E-state index is 0.0445. The Morgan fingerprint density at radius 2 is 2.50 bits per heavy atom. The largest absolute Gasteiger partial charge is 0.375 e. The van der Waals surface area contributed by atoms with E-state index >= 15 is 0 Å². The fourth-order valence-corrected chi connectivity index (χ4v) is 0.184. The molecule has 0 aromatic rings. The van der Waals surface area contributed by atoms with Gasteiger partial charge >= 0.3 is 0 Å². The van der Waals surface area contributed by atoms with E-state index in [0.29, 0.717) is 6.29 Å². The van der Waals surface area contributed by atoms with Crippen molar-refractivity contribution in [3.8, 4) is 0 Å². The smallest absolute Gasteiger partial charge is 0.184 e. The zero-order valence-corrected chi connectivity index (χ0v) is 4.81. The maximum Gasteiger partial charge on any atom is 0.184 e. The second-order valence-electron chi connectivity index (χ2n) is 0.890. The second-order valence-corrected chi connectivity index (χ2v) is 1.33. The zero-order valence-electron chi connectivity index (χ0n) is 4.00. The highest BCUT2D eigenvalue weighted by atomic mass is 32.1. The lowest BCUT2D eigenvalue weighted by Gasteiger charge is -1.88. The van der Waals surface area contributed by atoms with Gasteiger partial charge in [-0.25, -0.2) is 0 Å². The Labute approximate surface area is 51.7 Å². The van der Waals surface area contributed by atoms with Gasteiger partial charge in [-0.15, -0.1) is 0 Å². The number of nitrogens with two attached hydrogens (primary N) is 1. The molecular formula is C3H5N3OS. The molecule has 0 aliphatic rings. The van der Waals surface area contributed by atoms with Crippen LogP contribution >= 0.6 is 12.2 Å². The third kappa shape index (κ3) is 5.03. The molecule has 0 radical (unpaired) electrons. The van der Waals surface area contributed by atoms with E-state index < -0.39 is 0 Å². The summed E-state index contributed by atoms with van der Waals surface area (Å²) < 4.78 is 0. The number of carbonyl (C=O) groups excluding carboxylic acids is 1. The quantitative estimate of drug-likeness (QED) is 0.218. The van der Waals surface area contributed by atoms with Crippen LogP contribution in [0.15, 0.2) is 5.10 Å². The molecule has 0 aromatic carbocycles. The fourth-order valence-electron chi connectivity index (χ4n) is 0.131. The molecule has 0 heterocycles. The predicted molar refractivity (Wildman–Crippen MR) is 34.5 cm³/mol. The highest BCUT2D eigenvalue weighted by Gasteiger charge is 1.74. The molecule has 5 heteroatoms. The lowest BCUT2D eigenvalue weighted by Crippen LogP contribution is -2.23. The van der Waals surface area contributed by atoms with Crippen LogP contribution in [0, 0.1) is 0 Å². The number of rotatable bonds is 2. The van der Waals surface area contributed by atoms with Crippen molar-refractivity contribution in [2.45, 2.75) is 0 Å². The number of nitrogens with one attached hydrogen (secondary N) is 1. The van der Waals surface area contributed by atoms with Crippen LogP contribution in [0.3, 0.4) is 0 Å². The van der Waals surface area contributed by atoms with E-state index in [-0.39, 0.29) is 5.11 Å². The Hall–Kier alpha value is -0.970. The summed E-state index contributed by atoms with van der Waals surface area (Å²) in [5.74, 6) is 0. The third-order valence-electron chi connectivity index (χ3n) is 0.310. The first-order chi connectivity index (χ1) is 3.77. The van der Waals surface area contributed by atoms with Crippen LogP contribution in [0.1, 0.15) is 0 Å². The number of aldehydes is 1. The standard InChI is InChI=1S/C3H5N3OS/c4-3(8)6-5-1-2-7/h1-2H,(H3,4,6,8). The summed E-state index contributed by atoms with van der Waals surface area (Å²) in [6.07, 6.45) is 1.53. The van der Waals surface area contributed by atoms with Gasteiger partial charge in [0.25, 0.3) is 0 Å². The number of carbonyl (C=O) groups is 1. The van der Waals surface area contributed by atoms with Crippen molar-refractivity contribution in [3.05, 3.63) is 0 Å². The summed E-state index contributed by atoms with van der Waals surface area (Å²) in [6.45, 7) is 0. The topological polar surface area (TPSA) is 67.5 Å². The lowest BCUT2D eigenvalue weighted by atomic mass is 10.9. The minimum atomic E-state index is 0.0445. The van der Waals surface area contributed by atoms with Crippen molar-refractivity contribution in [2.75, 3.05) is 0 Å². The van der Waals surface area contributed by atoms with E-state index in [2.05, 4.69) is 22.7 Å². The molecule has 0 aromatic heterocycles. The normalized spacial score (nSPS) is 9.00. The van der Waals surface area contributed by atoms with Crippen molar-refractivity contribution >= 4 is 29.8 Å². The van der Waals surface area contributed by atoms with E-state index in [0.717, 1.165) is 6.21 Å². The maximum atomic E-state index is 9.51. The van der Waals surface area contributed by atoms with Gasteiger partial charge in [-0.2, -0.15) is 5.10 Å². The summed E-state index contributed by atoms with van der Waals surface area (Å²) in [4.78, 5) is 9.51. The van der Waals surface area contributed by atoms with Crippen molar-refractivity contribution in [3.63, 3.8) is 0 Å². The van der Waals surface area contributed by atoms with Crippen molar-refractivity contribution < 1.29 is 4.79 Å². The first-order valence-electron chi connectivity index (χ1n) is 1.79. The molecule has 3 N–H and O–H groups in total. The summed E-state index contributed by atoms with van der Waals surface area (Å²) in [5.41, 5.74) is 7.12. The highest BCUT2D eigenvalue weighted by Crippen LogP contribution is 1.54. The molecular weight excluding hydrogens is 126 g/mol. The molecule has 0 bridgehead atoms. The molecule has 0 saturated heterocycles. The summed E-state index contributed by atoms with van der Waals surface area (Å²) in [6, 6.07) is 0. The molecule has 4 nitrogen and oxygen atoms in total. The number of hydrazone groups is 1. The van der Waals surface area contributed by atoms with Gasteiger partial charge in [-0.3, -0.25) is 10.2 Å². The summed E-state index contributed by atoms with van der Waals surface area (Å²) in [5, 5.41) is 3.32.